The average molecular weight is 434 g/mol. The molecule has 31 heavy (non-hydrogen) atoms. The minimum absolute atomic E-state index is 0.256. The number of amides is 1. The van der Waals surface area contributed by atoms with Gasteiger partial charge in [0.05, 0.1) is 23.6 Å². The Morgan fingerprint density at radius 3 is 2.29 bits per heavy atom. The predicted molar refractivity (Wildman–Crippen MR) is 114 cm³/mol. The molecule has 1 aliphatic carbocycles. The second-order valence-corrected chi connectivity index (χ2v) is 8.61. The predicted octanol–water partition coefficient (Wildman–Crippen LogP) is 5.95. The molecule has 3 rings (SSSR count). The first-order valence-electron chi connectivity index (χ1n) is 10.9. The Labute approximate surface area is 181 Å². The Morgan fingerprint density at radius 2 is 1.68 bits per heavy atom. The molecule has 6 heteroatoms. The number of aliphatic hydroxyl groups excluding tert-OH is 1. The molecule has 1 fully saturated rings. The third-order valence-corrected chi connectivity index (χ3v) is 6.51. The zero-order valence-corrected chi connectivity index (χ0v) is 18.0. The summed E-state index contributed by atoms with van der Waals surface area (Å²) < 4.78 is 39.9. The lowest BCUT2D eigenvalue weighted by Crippen LogP contribution is -2.42. The topological polar surface area (TPSA) is 40.5 Å². The Bertz CT molecular complexity index is 863. The fourth-order valence-electron chi connectivity index (χ4n) is 4.48. The molecule has 0 radical (unpaired) electrons. The maximum absolute atomic E-state index is 13.5. The highest BCUT2D eigenvalue weighted by atomic mass is 19.4. The number of hydrogen-bond donors (Lipinski definition) is 1. The van der Waals surface area contributed by atoms with E-state index in [0.29, 0.717) is 23.5 Å². The molecule has 0 bridgehead atoms. The van der Waals surface area contributed by atoms with Crippen LogP contribution < -0.4 is 0 Å². The first-order valence-corrected chi connectivity index (χ1v) is 10.9. The van der Waals surface area contributed by atoms with Crippen LogP contribution in [0.3, 0.4) is 0 Å². The lowest BCUT2D eigenvalue weighted by atomic mass is 9.85. The Hall–Kier alpha value is -2.34. The number of rotatable bonds is 7. The van der Waals surface area contributed by atoms with E-state index in [1.165, 1.54) is 11.0 Å². The molecule has 1 aliphatic rings. The molecule has 168 valence electrons. The quantitative estimate of drug-likeness (QED) is 0.586. The number of likely N-dealkylation sites (N-methyl/N-ethyl adjacent to an activating group) is 1. The lowest BCUT2D eigenvalue weighted by molar-refractivity contribution is -0.138. The van der Waals surface area contributed by atoms with Crippen LogP contribution in [0.5, 0.6) is 0 Å². The number of benzene rings is 2. The third kappa shape index (κ3) is 5.67. The van der Waals surface area contributed by atoms with Crippen molar-refractivity contribution in [3.8, 4) is 0 Å². The normalized spacial score (nSPS) is 17.9. The monoisotopic (exact) mass is 433 g/mol. The number of halogens is 3. The van der Waals surface area contributed by atoms with Crippen LogP contribution in [-0.4, -0.2) is 29.0 Å². The van der Waals surface area contributed by atoms with Gasteiger partial charge in [-0.25, -0.2) is 0 Å². The van der Waals surface area contributed by atoms with Crippen molar-refractivity contribution in [1.82, 2.24) is 4.90 Å². The van der Waals surface area contributed by atoms with E-state index in [1.807, 2.05) is 18.2 Å². The van der Waals surface area contributed by atoms with E-state index in [9.17, 15) is 23.1 Å². The van der Waals surface area contributed by atoms with E-state index >= 15 is 0 Å². The molecular formula is C25H30F3NO2. The molecule has 1 N–H and O–H groups in total. The fourth-order valence-corrected chi connectivity index (χ4v) is 4.48. The number of nitrogens with zero attached hydrogens (tertiary/aromatic N) is 1. The summed E-state index contributed by atoms with van der Waals surface area (Å²) in [7, 11) is 1.62. The maximum atomic E-state index is 13.5. The molecule has 1 amide bonds. The van der Waals surface area contributed by atoms with Crippen molar-refractivity contribution in [2.45, 2.75) is 63.3 Å². The lowest BCUT2D eigenvalue weighted by Gasteiger charge is -2.33. The van der Waals surface area contributed by atoms with Crippen molar-refractivity contribution >= 4 is 5.91 Å². The van der Waals surface area contributed by atoms with Crippen LogP contribution in [0.1, 0.15) is 67.7 Å². The number of alkyl halides is 3. The zero-order chi connectivity index (χ0) is 22.6. The summed E-state index contributed by atoms with van der Waals surface area (Å²) in [6.45, 7) is 1.76. The van der Waals surface area contributed by atoms with Crippen LogP contribution in [0.15, 0.2) is 54.6 Å². The molecule has 1 saturated carbocycles. The Balaban J connectivity index is 1.87. The van der Waals surface area contributed by atoms with E-state index < -0.39 is 29.8 Å². The van der Waals surface area contributed by atoms with Crippen LogP contribution in [0.25, 0.3) is 0 Å². The first-order chi connectivity index (χ1) is 14.7. The number of carbonyl (C=O) groups is 1. The highest BCUT2D eigenvalue weighted by molar-refractivity contribution is 5.84. The van der Waals surface area contributed by atoms with Crippen molar-refractivity contribution in [2.24, 2.45) is 5.92 Å². The minimum atomic E-state index is -4.46. The SMILES string of the molecule is CC([C@H](O)c1ccccc1)N(C)C(=O)[C@H](CC1CCCC1)c1cccc(C(F)(F)F)c1. The third-order valence-electron chi connectivity index (χ3n) is 6.51. The van der Waals surface area contributed by atoms with Gasteiger partial charge in [-0.05, 0) is 36.5 Å². The highest BCUT2D eigenvalue weighted by Gasteiger charge is 2.35. The van der Waals surface area contributed by atoms with Gasteiger partial charge < -0.3 is 10.0 Å². The molecule has 0 spiro atoms. The summed E-state index contributed by atoms with van der Waals surface area (Å²) in [5, 5.41) is 10.8. The molecular weight excluding hydrogens is 403 g/mol. The smallest absolute Gasteiger partial charge is 0.386 e. The second-order valence-electron chi connectivity index (χ2n) is 8.61. The molecule has 2 aromatic rings. The molecule has 0 aromatic heterocycles. The van der Waals surface area contributed by atoms with E-state index in [2.05, 4.69) is 0 Å². The van der Waals surface area contributed by atoms with Gasteiger partial charge in [-0.2, -0.15) is 13.2 Å². The summed E-state index contributed by atoms with van der Waals surface area (Å²) in [5.41, 5.74) is 0.343. The highest BCUT2D eigenvalue weighted by Crippen LogP contribution is 2.38. The van der Waals surface area contributed by atoms with Gasteiger partial charge in [0.15, 0.2) is 0 Å². The van der Waals surface area contributed by atoms with Crippen LogP contribution in [-0.2, 0) is 11.0 Å². The summed E-state index contributed by atoms with van der Waals surface area (Å²) in [5.74, 6) is -0.597. The van der Waals surface area contributed by atoms with E-state index in [1.54, 1.807) is 32.2 Å². The zero-order valence-electron chi connectivity index (χ0n) is 18.0. The van der Waals surface area contributed by atoms with Gasteiger partial charge >= 0.3 is 6.18 Å². The Kier molecular flexibility index (Phi) is 7.42. The van der Waals surface area contributed by atoms with Crippen molar-refractivity contribution in [1.29, 1.82) is 0 Å². The minimum Gasteiger partial charge on any atom is -0.386 e. The summed E-state index contributed by atoms with van der Waals surface area (Å²) in [6, 6.07) is 13.7. The fraction of sp³-hybridized carbons (Fsp3) is 0.480. The number of hydrogen-bond acceptors (Lipinski definition) is 2. The average Bonchev–Trinajstić information content (AvgIpc) is 3.29. The van der Waals surface area contributed by atoms with Crippen LogP contribution >= 0.6 is 0 Å². The van der Waals surface area contributed by atoms with Crippen molar-refractivity contribution < 1.29 is 23.1 Å². The van der Waals surface area contributed by atoms with Crippen molar-refractivity contribution in [3.05, 3.63) is 71.3 Å². The van der Waals surface area contributed by atoms with E-state index in [-0.39, 0.29) is 5.91 Å². The van der Waals surface area contributed by atoms with Crippen molar-refractivity contribution in [2.75, 3.05) is 7.05 Å². The van der Waals surface area contributed by atoms with Gasteiger partial charge in [0.25, 0.3) is 0 Å². The maximum Gasteiger partial charge on any atom is 0.416 e. The molecule has 3 atom stereocenters. The number of aliphatic hydroxyl groups is 1. The van der Waals surface area contributed by atoms with Gasteiger partial charge in [-0.1, -0.05) is 74.2 Å². The molecule has 3 nitrogen and oxygen atoms in total. The van der Waals surface area contributed by atoms with Crippen molar-refractivity contribution in [3.63, 3.8) is 0 Å². The van der Waals surface area contributed by atoms with E-state index in [4.69, 9.17) is 0 Å². The summed E-state index contributed by atoms with van der Waals surface area (Å²) in [6.07, 6.45) is -0.647. The number of carbonyl (C=O) groups excluding carboxylic acids is 1. The van der Waals surface area contributed by atoms with Crippen LogP contribution in [0, 0.1) is 5.92 Å². The second kappa shape index (κ2) is 9.86. The molecule has 0 heterocycles. The molecule has 0 aliphatic heterocycles. The standard InChI is InChI=1S/C25H30F3NO2/c1-17(23(30)19-11-4-3-5-12-19)29(2)24(31)22(15-18-9-6-7-10-18)20-13-8-14-21(16-20)25(26,27)28/h3-5,8,11-14,16-18,22-23,30H,6-7,9-10,15H2,1-2H3/t17?,22-,23+/m1/s1. The van der Waals surface area contributed by atoms with Gasteiger partial charge in [-0.15, -0.1) is 0 Å². The Morgan fingerprint density at radius 1 is 1.06 bits per heavy atom. The van der Waals surface area contributed by atoms with Gasteiger partial charge in [-0.3, -0.25) is 4.79 Å². The van der Waals surface area contributed by atoms with Crippen LogP contribution in [0.2, 0.25) is 0 Å². The van der Waals surface area contributed by atoms with Gasteiger partial charge in [0, 0.05) is 7.05 Å². The van der Waals surface area contributed by atoms with E-state index in [0.717, 1.165) is 37.8 Å². The summed E-state index contributed by atoms with van der Waals surface area (Å²) >= 11 is 0. The van der Waals surface area contributed by atoms with Gasteiger partial charge in [0.2, 0.25) is 5.91 Å². The van der Waals surface area contributed by atoms with Gasteiger partial charge in [0.1, 0.15) is 0 Å². The largest absolute Gasteiger partial charge is 0.416 e. The molecule has 2 aromatic carbocycles. The molecule has 0 saturated heterocycles. The molecule has 1 unspecified atom stereocenters. The first kappa shape index (κ1) is 23.3. The summed E-state index contributed by atoms with van der Waals surface area (Å²) in [4.78, 5) is 15.0. The van der Waals surface area contributed by atoms with Crippen LogP contribution in [0.4, 0.5) is 13.2 Å².